The van der Waals surface area contributed by atoms with E-state index in [4.69, 9.17) is 4.42 Å². The second kappa shape index (κ2) is 10.7. The molecule has 7 nitrogen and oxygen atoms in total. The van der Waals surface area contributed by atoms with Crippen LogP contribution in [0.3, 0.4) is 0 Å². The smallest absolute Gasteiger partial charge is 0.416 e. The number of halogens is 3. The lowest BCUT2D eigenvalue weighted by atomic mass is 10.2. The van der Waals surface area contributed by atoms with Crippen molar-refractivity contribution < 1.29 is 27.2 Å². The highest BCUT2D eigenvalue weighted by Crippen LogP contribution is 2.31. The van der Waals surface area contributed by atoms with Gasteiger partial charge in [0, 0.05) is 24.0 Å². The maximum Gasteiger partial charge on any atom is 0.416 e. The van der Waals surface area contributed by atoms with Gasteiger partial charge in [-0.15, -0.1) is 0 Å². The zero-order valence-corrected chi connectivity index (χ0v) is 20.2. The monoisotopic (exact) mass is 510 g/mol. The number of furan rings is 1. The van der Waals surface area contributed by atoms with Gasteiger partial charge in [0.25, 0.3) is 5.91 Å². The van der Waals surface area contributed by atoms with Crippen LogP contribution >= 0.6 is 0 Å². The maximum absolute atomic E-state index is 13.1. The van der Waals surface area contributed by atoms with Crippen molar-refractivity contribution in [3.8, 4) is 16.9 Å². The molecule has 0 aliphatic rings. The summed E-state index contributed by atoms with van der Waals surface area (Å²) in [5.41, 5.74) is 0.870. The third-order valence-corrected chi connectivity index (χ3v) is 5.44. The van der Waals surface area contributed by atoms with E-state index in [1.165, 1.54) is 33.9 Å². The van der Waals surface area contributed by atoms with Gasteiger partial charge in [-0.05, 0) is 42.3 Å². The van der Waals surface area contributed by atoms with E-state index in [-0.39, 0.29) is 24.2 Å². The molecule has 37 heavy (non-hydrogen) atoms. The Morgan fingerprint density at radius 2 is 1.73 bits per heavy atom. The van der Waals surface area contributed by atoms with E-state index in [9.17, 15) is 22.8 Å². The first-order valence-corrected chi connectivity index (χ1v) is 11.6. The van der Waals surface area contributed by atoms with Crippen LogP contribution in [0.2, 0.25) is 0 Å². The highest BCUT2D eigenvalue weighted by molar-refractivity contribution is 5.97. The summed E-state index contributed by atoms with van der Waals surface area (Å²) >= 11 is 0. The van der Waals surface area contributed by atoms with E-state index in [0.29, 0.717) is 17.9 Å². The van der Waals surface area contributed by atoms with Crippen molar-refractivity contribution >= 4 is 17.8 Å². The number of nitrogens with zero attached hydrogens (tertiary/aromatic N) is 3. The molecule has 0 aliphatic carbocycles. The summed E-state index contributed by atoms with van der Waals surface area (Å²) in [6, 6.07) is 16.8. The predicted octanol–water partition coefficient (Wildman–Crippen LogP) is 5.89. The highest BCUT2D eigenvalue weighted by atomic mass is 19.4. The Balaban J connectivity index is 1.63. The molecule has 0 radical (unpaired) electrons. The topological polar surface area (TPSA) is 80.4 Å². The molecule has 0 saturated heterocycles. The molecule has 0 atom stereocenters. The van der Waals surface area contributed by atoms with Crippen molar-refractivity contribution in [3.05, 3.63) is 90.5 Å². The number of alkyl halides is 3. The van der Waals surface area contributed by atoms with E-state index < -0.39 is 23.6 Å². The van der Waals surface area contributed by atoms with Crippen LogP contribution in [0, 0.1) is 5.92 Å². The molecular formula is C27H25F3N4O3. The quantitative estimate of drug-likeness (QED) is 0.321. The molecule has 2 aromatic heterocycles. The van der Waals surface area contributed by atoms with E-state index in [0.717, 1.165) is 17.7 Å². The fourth-order valence-electron chi connectivity index (χ4n) is 3.78. The Labute approximate surface area is 211 Å². The Kier molecular flexibility index (Phi) is 7.47. The Bertz CT molecular complexity index is 1350. The molecule has 0 saturated carbocycles. The molecule has 192 valence electrons. The zero-order chi connectivity index (χ0) is 26.6. The van der Waals surface area contributed by atoms with Gasteiger partial charge in [0.05, 0.1) is 17.5 Å². The maximum atomic E-state index is 13.1. The van der Waals surface area contributed by atoms with Crippen LogP contribution in [0.5, 0.6) is 0 Å². The van der Waals surface area contributed by atoms with Gasteiger partial charge in [0.15, 0.2) is 5.76 Å². The van der Waals surface area contributed by atoms with Crippen molar-refractivity contribution in [3.63, 3.8) is 0 Å². The summed E-state index contributed by atoms with van der Waals surface area (Å²) in [6.07, 6.45) is -1.46. The summed E-state index contributed by atoms with van der Waals surface area (Å²) in [5.74, 6) is -0.626. The summed E-state index contributed by atoms with van der Waals surface area (Å²) in [5, 5.41) is 2.71. The summed E-state index contributed by atoms with van der Waals surface area (Å²) in [4.78, 5) is 31.8. The van der Waals surface area contributed by atoms with Gasteiger partial charge < -0.3 is 9.32 Å². The first kappa shape index (κ1) is 25.7. The lowest BCUT2D eigenvalue weighted by Crippen LogP contribution is -2.40. The van der Waals surface area contributed by atoms with Crippen molar-refractivity contribution in [1.82, 2.24) is 14.5 Å². The minimum absolute atomic E-state index is 0.0885. The second-order valence-electron chi connectivity index (χ2n) is 8.84. The number of aromatic nitrogens is 2. The first-order valence-electron chi connectivity index (χ1n) is 11.6. The number of benzene rings is 2. The summed E-state index contributed by atoms with van der Waals surface area (Å²) in [7, 11) is 0. The second-order valence-corrected chi connectivity index (χ2v) is 8.84. The van der Waals surface area contributed by atoms with Crippen LogP contribution in [0.25, 0.3) is 16.9 Å². The fraction of sp³-hybridized carbons (Fsp3) is 0.222. The molecule has 0 bridgehead atoms. The molecule has 10 heteroatoms. The number of anilines is 1. The Hall–Kier alpha value is -4.34. The minimum atomic E-state index is -4.47. The Morgan fingerprint density at radius 3 is 2.32 bits per heavy atom. The number of carbonyl (C=O) groups excluding carboxylic acids is 2. The van der Waals surface area contributed by atoms with Crippen LogP contribution in [0.15, 0.2) is 83.6 Å². The van der Waals surface area contributed by atoms with Crippen LogP contribution < -0.4 is 5.32 Å². The van der Waals surface area contributed by atoms with Crippen LogP contribution in [0.1, 0.15) is 30.0 Å². The van der Waals surface area contributed by atoms with Gasteiger partial charge in [-0.25, -0.2) is 4.98 Å². The number of hydrogen-bond acceptors (Lipinski definition) is 4. The third kappa shape index (κ3) is 6.27. The van der Waals surface area contributed by atoms with Crippen LogP contribution in [-0.4, -0.2) is 39.4 Å². The van der Waals surface area contributed by atoms with Crippen molar-refractivity contribution in [2.24, 2.45) is 5.92 Å². The van der Waals surface area contributed by atoms with Gasteiger partial charge in [-0.3, -0.25) is 19.5 Å². The van der Waals surface area contributed by atoms with E-state index >= 15 is 0 Å². The number of carbonyl (C=O) groups is 2. The molecule has 0 unspecified atom stereocenters. The van der Waals surface area contributed by atoms with Gasteiger partial charge in [-0.1, -0.05) is 44.2 Å². The summed E-state index contributed by atoms with van der Waals surface area (Å²) in [6.45, 7) is 3.89. The predicted molar refractivity (Wildman–Crippen MR) is 132 cm³/mol. The SMILES string of the molecule is CC(C)CN(CC(=O)Nc1nc(-c2ccccc2)cn1-c1ccc(C(F)(F)F)cc1)C(=O)c1ccco1. The first-order chi connectivity index (χ1) is 17.6. The van der Waals surface area contributed by atoms with Gasteiger partial charge in [0.1, 0.15) is 6.54 Å². The van der Waals surface area contributed by atoms with Gasteiger partial charge in [-0.2, -0.15) is 13.2 Å². The highest BCUT2D eigenvalue weighted by Gasteiger charge is 2.30. The van der Waals surface area contributed by atoms with Crippen molar-refractivity contribution in [2.45, 2.75) is 20.0 Å². The molecule has 0 fully saturated rings. The van der Waals surface area contributed by atoms with Crippen molar-refractivity contribution in [1.29, 1.82) is 0 Å². The number of rotatable bonds is 8. The minimum Gasteiger partial charge on any atom is -0.459 e. The molecule has 4 aromatic rings. The van der Waals surface area contributed by atoms with Crippen LogP contribution in [0.4, 0.5) is 19.1 Å². The standard InChI is InChI=1S/C27H25F3N4O3/c1-18(2)15-33(25(36)23-9-6-14-37-23)17-24(35)32-26-31-22(19-7-4-3-5-8-19)16-34(26)21-12-10-20(11-13-21)27(28,29)30/h3-14,16,18H,15,17H2,1-2H3,(H,31,32,35). The van der Waals surface area contributed by atoms with Crippen LogP contribution in [-0.2, 0) is 11.0 Å². The molecule has 0 spiro atoms. The third-order valence-electron chi connectivity index (χ3n) is 5.44. The van der Waals surface area contributed by atoms with E-state index in [2.05, 4.69) is 10.3 Å². The van der Waals surface area contributed by atoms with E-state index in [1.807, 2.05) is 44.2 Å². The average molecular weight is 511 g/mol. The largest absolute Gasteiger partial charge is 0.459 e. The molecule has 2 heterocycles. The molecule has 2 amide bonds. The Morgan fingerprint density at radius 1 is 1.03 bits per heavy atom. The fourth-order valence-corrected chi connectivity index (χ4v) is 3.78. The molecule has 4 rings (SSSR count). The lowest BCUT2D eigenvalue weighted by molar-refractivity contribution is -0.137. The number of hydrogen-bond donors (Lipinski definition) is 1. The normalized spacial score (nSPS) is 11.5. The van der Waals surface area contributed by atoms with E-state index in [1.54, 1.807) is 12.3 Å². The molecule has 2 aromatic carbocycles. The van der Waals surface area contributed by atoms with Gasteiger partial charge in [0.2, 0.25) is 11.9 Å². The number of imidazole rings is 1. The number of nitrogens with one attached hydrogen (secondary N) is 1. The molecule has 1 N–H and O–H groups in total. The van der Waals surface area contributed by atoms with Crippen molar-refractivity contribution in [2.75, 3.05) is 18.4 Å². The van der Waals surface area contributed by atoms with Gasteiger partial charge >= 0.3 is 6.18 Å². The molecular weight excluding hydrogens is 485 g/mol. The number of amides is 2. The lowest BCUT2D eigenvalue weighted by Gasteiger charge is -2.23. The average Bonchev–Trinajstić information content (AvgIpc) is 3.54. The zero-order valence-electron chi connectivity index (χ0n) is 20.2. The molecule has 0 aliphatic heterocycles. The summed E-state index contributed by atoms with van der Waals surface area (Å²) < 4.78 is 45.9.